The van der Waals surface area contributed by atoms with Crippen LogP contribution < -0.4 is 9.47 Å². The Morgan fingerprint density at radius 1 is 1.10 bits per heavy atom. The van der Waals surface area contributed by atoms with Crippen molar-refractivity contribution in [3.8, 4) is 11.5 Å². The fourth-order valence-corrected chi connectivity index (χ4v) is 4.37. The molecule has 160 valence electrons. The van der Waals surface area contributed by atoms with E-state index in [1.807, 2.05) is 19.1 Å². The molecule has 1 amide bonds. The molecule has 3 aliphatic heterocycles. The largest absolute Gasteiger partial charge is 0.507 e. The number of hydrogen-bond acceptors (Lipinski definition) is 6. The number of aliphatic hydroxyl groups is 1. The molecule has 31 heavy (non-hydrogen) atoms. The number of ketones is 1. The topological polar surface area (TPSA) is 85.3 Å². The number of carbonyl (C=O) groups is 2. The van der Waals surface area contributed by atoms with Crippen molar-refractivity contribution in [2.75, 3.05) is 19.9 Å². The van der Waals surface area contributed by atoms with Crippen molar-refractivity contribution < 1.29 is 28.9 Å². The summed E-state index contributed by atoms with van der Waals surface area (Å²) in [6.07, 6.45) is 1.62. The van der Waals surface area contributed by atoms with Crippen molar-refractivity contribution in [1.82, 2.24) is 4.90 Å². The minimum absolute atomic E-state index is 0.0747. The summed E-state index contributed by atoms with van der Waals surface area (Å²) in [5, 5.41) is 11.1. The lowest BCUT2D eigenvalue weighted by Gasteiger charge is -2.27. The number of Topliss-reactive ketones (excluding diaryl/α,β-unsaturated/α-hetero) is 1. The van der Waals surface area contributed by atoms with Crippen molar-refractivity contribution in [2.24, 2.45) is 0 Å². The van der Waals surface area contributed by atoms with Crippen molar-refractivity contribution >= 4 is 17.4 Å². The van der Waals surface area contributed by atoms with Gasteiger partial charge in [0.25, 0.3) is 11.7 Å². The van der Waals surface area contributed by atoms with E-state index in [0.717, 1.165) is 18.4 Å². The fraction of sp³-hybridized carbons (Fsp3) is 0.333. The summed E-state index contributed by atoms with van der Waals surface area (Å²) in [5.41, 5.74) is 2.27. The summed E-state index contributed by atoms with van der Waals surface area (Å²) in [7, 11) is 0. The summed E-state index contributed by atoms with van der Waals surface area (Å²) < 4.78 is 16.6. The molecule has 5 rings (SSSR count). The number of hydrogen-bond donors (Lipinski definition) is 1. The second-order valence-corrected chi connectivity index (χ2v) is 8.07. The molecule has 1 N–H and O–H groups in total. The monoisotopic (exact) mass is 421 g/mol. The van der Waals surface area contributed by atoms with Gasteiger partial charge in [-0.25, -0.2) is 0 Å². The van der Waals surface area contributed by atoms with Crippen LogP contribution in [0.5, 0.6) is 11.5 Å². The van der Waals surface area contributed by atoms with Gasteiger partial charge < -0.3 is 24.2 Å². The lowest BCUT2D eigenvalue weighted by atomic mass is 9.94. The number of carbonyl (C=O) groups excluding carboxylic acids is 2. The van der Waals surface area contributed by atoms with Gasteiger partial charge in [-0.05, 0) is 37.5 Å². The van der Waals surface area contributed by atoms with Gasteiger partial charge in [-0.3, -0.25) is 9.59 Å². The number of benzene rings is 2. The van der Waals surface area contributed by atoms with E-state index in [2.05, 4.69) is 0 Å². The summed E-state index contributed by atoms with van der Waals surface area (Å²) >= 11 is 0. The molecule has 3 heterocycles. The average molecular weight is 421 g/mol. The molecular weight excluding hydrogens is 398 g/mol. The zero-order chi connectivity index (χ0) is 21.5. The van der Waals surface area contributed by atoms with E-state index in [1.54, 1.807) is 30.3 Å². The van der Waals surface area contributed by atoms with Gasteiger partial charge in [-0.15, -0.1) is 0 Å². The first-order chi connectivity index (χ1) is 15.0. The third-order valence-electron chi connectivity index (χ3n) is 6.00. The first-order valence-corrected chi connectivity index (χ1v) is 10.4. The maximum Gasteiger partial charge on any atom is 0.295 e. The van der Waals surface area contributed by atoms with Gasteiger partial charge in [0.1, 0.15) is 5.76 Å². The fourth-order valence-electron chi connectivity index (χ4n) is 4.37. The number of nitrogens with zero attached hydrogens (tertiary/aromatic N) is 1. The van der Waals surface area contributed by atoms with E-state index in [0.29, 0.717) is 29.2 Å². The highest BCUT2D eigenvalue weighted by molar-refractivity contribution is 6.46. The quantitative estimate of drug-likeness (QED) is 0.463. The Kier molecular flexibility index (Phi) is 4.90. The molecule has 7 heteroatoms. The van der Waals surface area contributed by atoms with Crippen molar-refractivity contribution in [3.05, 3.63) is 64.7 Å². The molecule has 0 spiro atoms. The van der Waals surface area contributed by atoms with E-state index < -0.39 is 17.7 Å². The normalized spacial score (nSPS) is 24.2. The number of amides is 1. The molecule has 0 bridgehead atoms. The number of ether oxygens (including phenoxy) is 3. The highest BCUT2D eigenvalue weighted by atomic mass is 16.7. The number of aliphatic hydroxyl groups excluding tert-OH is 1. The Morgan fingerprint density at radius 3 is 2.61 bits per heavy atom. The maximum absolute atomic E-state index is 13.1. The van der Waals surface area contributed by atoms with Crippen LogP contribution in [0.15, 0.2) is 48.0 Å². The Hall–Kier alpha value is -3.32. The van der Waals surface area contributed by atoms with Crippen LogP contribution in [-0.4, -0.2) is 47.7 Å². The van der Waals surface area contributed by atoms with E-state index in [4.69, 9.17) is 14.2 Å². The minimum Gasteiger partial charge on any atom is -0.507 e. The minimum atomic E-state index is -0.736. The van der Waals surface area contributed by atoms with Gasteiger partial charge in [0.2, 0.25) is 6.79 Å². The molecule has 3 aliphatic rings. The molecule has 2 saturated heterocycles. The SMILES string of the molecule is Cc1ccc(C(O)=C2C(=O)C(=O)N(C[C@H]3CCCO3)[C@H]2c2ccc3c(c2)OCO3)cc1. The number of rotatable bonds is 4. The van der Waals surface area contributed by atoms with Crippen LogP contribution in [0.4, 0.5) is 0 Å². The van der Waals surface area contributed by atoms with Crippen molar-refractivity contribution in [3.63, 3.8) is 0 Å². The van der Waals surface area contributed by atoms with Gasteiger partial charge >= 0.3 is 0 Å². The maximum atomic E-state index is 13.1. The van der Waals surface area contributed by atoms with Gasteiger partial charge in [0, 0.05) is 18.7 Å². The van der Waals surface area contributed by atoms with Crippen LogP contribution >= 0.6 is 0 Å². The summed E-state index contributed by atoms with van der Waals surface area (Å²) in [5.74, 6) is -0.352. The van der Waals surface area contributed by atoms with E-state index in [1.165, 1.54) is 4.90 Å². The Labute approximate surface area is 179 Å². The van der Waals surface area contributed by atoms with Gasteiger partial charge in [-0.1, -0.05) is 35.9 Å². The lowest BCUT2D eigenvalue weighted by Crippen LogP contribution is -2.36. The third kappa shape index (κ3) is 3.45. The van der Waals surface area contributed by atoms with Crippen LogP contribution in [0, 0.1) is 6.92 Å². The van der Waals surface area contributed by atoms with Crippen LogP contribution in [0.25, 0.3) is 5.76 Å². The van der Waals surface area contributed by atoms with Crippen molar-refractivity contribution in [1.29, 1.82) is 0 Å². The standard InChI is InChI=1S/C24H23NO6/c1-14-4-6-15(7-5-14)22(26)20-21(16-8-9-18-19(11-16)31-13-30-18)25(24(28)23(20)27)12-17-3-2-10-29-17/h4-9,11,17,21,26H,2-3,10,12-13H2,1H3/t17-,21+/m1/s1. The first-order valence-electron chi connectivity index (χ1n) is 10.4. The predicted molar refractivity (Wildman–Crippen MR) is 112 cm³/mol. The molecule has 0 radical (unpaired) electrons. The van der Waals surface area contributed by atoms with Gasteiger partial charge in [0.15, 0.2) is 11.5 Å². The second-order valence-electron chi connectivity index (χ2n) is 8.07. The molecule has 2 aromatic carbocycles. The van der Waals surface area contributed by atoms with Crippen LogP contribution in [0.2, 0.25) is 0 Å². The van der Waals surface area contributed by atoms with Crippen LogP contribution in [0.1, 0.15) is 35.6 Å². The molecule has 0 saturated carbocycles. The van der Waals surface area contributed by atoms with Crippen LogP contribution in [-0.2, 0) is 14.3 Å². The molecule has 0 aromatic heterocycles. The highest BCUT2D eigenvalue weighted by Crippen LogP contribution is 2.43. The smallest absolute Gasteiger partial charge is 0.295 e. The lowest BCUT2D eigenvalue weighted by molar-refractivity contribution is -0.140. The zero-order valence-electron chi connectivity index (χ0n) is 17.2. The van der Waals surface area contributed by atoms with E-state index >= 15 is 0 Å². The summed E-state index contributed by atoms with van der Waals surface area (Å²) in [6, 6.07) is 11.8. The number of likely N-dealkylation sites (tertiary alicyclic amines) is 1. The molecule has 7 nitrogen and oxygen atoms in total. The Morgan fingerprint density at radius 2 is 1.87 bits per heavy atom. The highest BCUT2D eigenvalue weighted by Gasteiger charge is 2.47. The molecule has 0 aliphatic carbocycles. The zero-order valence-corrected chi connectivity index (χ0v) is 17.2. The summed E-state index contributed by atoms with van der Waals surface area (Å²) in [4.78, 5) is 27.6. The third-order valence-corrected chi connectivity index (χ3v) is 6.00. The molecule has 2 atom stereocenters. The molecule has 2 aromatic rings. The van der Waals surface area contributed by atoms with Gasteiger partial charge in [-0.2, -0.15) is 0 Å². The summed E-state index contributed by atoms with van der Waals surface area (Å²) in [6.45, 7) is 3.00. The number of fused-ring (bicyclic) bond motifs is 1. The van der Waals surface area contributed by atoms with E-state index in [9.17, 15) is 14.7 Å². The van der Waals surface area contributed by atoms with Gasteiger partial charge in [0.05, 0.1) is 17.7 Å². The van der Waals surface area contributed by atoms with Crippen LogP contribution in [0.3, 0.4) is 0 Å². The Bertz CT molecular complexity index is 1070. The molecule has 0 unspecified atom stereocenters. The number of aryl methyl sites for hydroxylation is 1. The van der Waals surface area contributed by atoms with Crippen molar-refractivity contribution in [2.45, 2.75) is 31.9 Å². The average Bonchev–Trinajstić information content (AvgIpc) is 3.50. The first kappa shape index (κ1) is 19.6. The molecule has 2 fully saturated rings. The van der Waals surface area contributed by atoms with E-state index in [-0.39, 0.29) is 30.8 Å². The Balaban J connectivity index is 1.62. The molecular formula is C24H23NO6. The predicted octanol–water partition coefficient (Wildman–Crippen LogP) is 3.32. The second kappa shape index (κ2) is 7.74.